The zero-order chi connectivity index (χ0) is 16.4. The van der Waals surface area contributed by atoms with Gasteiger partial charge < -0.3 is 8.74 Å². The van der Waals surface area contributed by atoms with E-state index in [-0.39, 0.29) is 15.5 Å². The molecule has 0 saturated carbocycles. The fourth-order valence-corrected chi connectivity index (χ4v) is 3.47. The Kier molecular flexibility index (Phi) is 4.16. The molecule has 0 radical (unpaired) electrons. The van der Waals surface area contributed by atoms with E-state index in [1.165, 1.54) is 30.3 Å². The highest BCUT2D eigenvalue weighted by molar-refractivity contribution is 7.87. The summed E-state index contributed by atoms with van der Waals surface area (Å²) in [7, 11) is -3.90. The summed E-state index contributed by atoms with van der Waals surface area (Å²) in [5.41, 5.74) is 0. The third-order valence-electron chi connectivity index (χ3n) is 3.21. The van der Waals surface area contributed by atoms with Crippen molar-refractivity contribution in [3.8, 4) is 5.75 Å². The van der Waals surface area contributed by atoms with Crippen LogP contribution >= 0.6 is 0 Å². The lowest BCUT2D eigenvalue weighted by Gasteiger charge is -2.09. The van der Waals surface area contributed by atoms with Crippen molar-refractivity contribution in [1.29, 1.82) is 0 Å². The van der Waals surface area contributed by atoms with Gasteiger partial charge in [0.25, 0.3) is 0 Å². The minimum absolute atomic E-state index is 0.0668. The summed E-state index contributed by atoms with van der Waals surface area (Å²) in [5.74, 6) is 0.164. The van der Waals surface area contributed by atoms with Crippen LogP contribution in [0.3, 0.4) is 0 Å². The summed E-state index contributed by atoms with van der Waals surface area (Å²) in [6, 6.07) is 17.0. The molecule has 0 spiro atoms. The van der Waals surface area contributed by atoms with Gasteiger partial charge in [0, 0.05) is 4.90 Å². The van der Waals surface area contributed by atoms with E-state index in [2.05, 4.69) is 0 Å². The molecule has 0 bridgehead atoms. The molecular weight excluding hydrogens is 336 g/mol. The summed E-state index contributed by atoms with van der Waals surface area (Å²) in [6.07, 6.45) is 0. The molecule has 23 heavy (non-hydrogen) atoms. The predicted octanol–water partition coefficient (Wildman–Crippen LogP) is 2.85. The Labute approximate surface area is 135 Å². The molecule has 0 fully saturated rings. The van der Waals surface area contributed by atoms with Crippen molar-refractivity contribution in [2.24, 2.45) is 0 Å². The highest BCUT2D eigenvalue weighted by atomic mass is 32.2. The van der Waals surface area contributed by atoms with E-state index in [9.17, 15) is 17.2 Å². The Morgan fingerprint density at radius 3 is 2.22 bits per heavy atom. The SMILES string of the molecule is O=S([O-])c1ccc2cc(OS(=O)(=O)c3ccccc3)ccc2c1. The third-order valence-corrected chi connectivity index (χ3v) is 5.11. The monoisotopic (exact) mass is 347 g/mol. The van der Waals surface area contributed by atoms with E-state index in [1.807, 2.05) is 0 Å². The molecule has 0 aliphatic rings. The highest BCUT2D eigenvalue weighted by Crippen LogP contribution is 2.25. The highest BCUT2D eigenvalue weighted by Gasteiger charge is 2.16. The van der Waals surface area contributed by atoms with Crippen LogP contribution in [-0.2, 0) is 21.2 Å². The van der Waals surface area contributed by atoms with Crippen molar-refractivity contribution in [1.82, 2.24) is 0 Å². The summed E-state index contributed by atoms with van der Waals surface area (Å²) < 4.78 is 51.4. The zero-order valence-corrected chi connectivity index (χ0v) is 13.3. The largest absolute Gasteiger partial charge is 0.768 e. The van der Waals surface area contributed by atoms with Crippen molar-refractivity contribution in [2.45, 2.75) is 9.79 Å². The van der Waals surface area contributed by atoms with Crippen molar-refractivity contribution in [3.05, 3.63) is 66.7 Å². The Morgan fingerprint density at radius 2 is 1.52 bits per heavy atom. The molecule has 0 aromatic heterocycles. The first-order chi connectivity index (χ1) is 11.0. The number of hydrogen-bond donors (Lipinski definition) is 0. The first-order valence-electron chi connectivity index (χ1n) is 6.58. The van der Waals surface area contributed by atoms with E-state index < -0.39 is 21.2 Å². The van der Waals surface area contributed by atoms with Gasteiger partial charge in [-0.1, -0.05) is 30.3 Å². The Bertz CT molecular complexity index is 982. The molecule has 5 nitrogen and oxygen atoms in total. The topological polar surface area (TPSA) is 83.5 Å². The van der Waals surface area contributed by atoms with Gasteiger partial charge in [0.2, 0.25) is 0 Å². The van der Waals surface area contributed by atoms with Crippen molar-refractivity contribution in [3.63, 3.8) is 0 Å². The van der Waals surface area contributed by atoms with Gasteiger partial charge in [-0.2, -0.15) is 8.42 Å². The smallest absolute Gasteiger partial charge is 0.339 e. The van der Waals surface area contributed by atoms with E-state index in [0.717, 1.165) is 0 Å². The molecule has 118 valence electrons. The Morgan fingerprint density at radius 1 is 0.870 bits per heavy atom. The van der Waals surface area contributed by atoms with E-state index in [1.54, 1.807) is 36.4 Å². The van der Waals surface area contributed by atoms with Gasteiger partial charge in [-0.3, -0.25) is 4.21 Å². The number of benzene rings is 3. The van der Waals surface area contributed by atoms with Crippen LogP contribution in [0.4, 0.5) is 0 Å². The van der Waals surface area contributed by atoms with Gasteiger partial charge in [-0.05, 0) is 58.3 Å². The van der Waals surface area contributed by atoms with Crippen LogP contribution in [0.1, 0.15) is 0 Å². The number of rotatable bonds is 4. The van der Waals surface area contributed by atoms with Gasteiger partial charge in [0.15, 0.2) is 0 Å². The van der Waals surface area contributed by atoms with Crippen LogP contribution in [0, 0.1) is 0 Å². The average molecular weight is 347 g/mol. The molecule has 3 aromatic rings. The average Bonchev–Trinajstić information content (AvgIpc) is 2.54. The summed E-state index contributed by atoms with van der Waals surface area (Å²) in [5, 5.41) is 1.36. The summed E-state index contributed by atoms with van der Waals surface area (Å²) in [4.78, 5) is 0.236. The minimum Gasteiger partial charge on any atom is -0.768 e. The summed E-state index contributed by atoms with van der Waals surface area (Å²) >= 11 is -2.31. The first kappa shape index (κ1) is 15.7. The van der Waals surface area contributed by atoms with Crippen LogP contribution in [0.5, 0.6) is 5.75 Å². The molecule has 1 unspecified atom stereocenters. The molecule has 0 amide bonds. The fourth-order valence-electron chi connectivity index (χ4n) is 2.12. The van der Waals surface area contributed by atoms with Gasteiger partial charge in [0.1, 0.15) is 10.6 Å². The third kappa shape index (κ3) is 3.42. The van der Waals surface area contributed by atoms with E-state index in [4.69, 9.17) is 4.18 Å². The van der Waals surface area contributed by atoms with Crippen LogP contribution in [-0.4, -0.2) is 17.2 Å². The Hall–Kier alpha value is -2.22. The molecule has 0 heterocycles. The molecule has 3 rings (SSSR count). The first-order valence-corrected chi connectivity index (χ1v) is 9.07. The van der Waals surface area contributed by atoms with Gasteiger partial charge in [-0.15, -0.1) is 0 Å². The maximum absolute atomic E-state index is 12.2. The van der Waals surface area contributed by atoms with Crippen LogP contribution in [0.15, 0.2) is 76.5 Å². The minimum atomic E-state index is -3.90. The van der Waals surface area contributed by atoms with Gasteiger partial charge in [0.05, 0.1) is 0 Å². The van der Waals surface area contributed by atoms with Crippen molar-refractivity contribution < 1.29 is 21.4 Å². The van der Waals surface area contributed by atoms with E-state index >= 15 is 0 Å². The molecule has 0 aliphatic carbocycles. The molecule has 0 saturated heterocycles. The maximum atomic E-state index is 12.2. The standard InChI is InChI=1S/C16H12O5S2/c17-22(18)15-9-7-12-10-14(8-6-13(12)11-15)21-23(19,20)16-4-2-1-3-5-16/h1-11H,(H,17,18)/p-1. The number of fused-ring (bicyclic) bond motifs is 1. The second kappa shape index (κ2) is 6.11. The molecule has 1 atom stereocenters. The van der Waals surface area contributed by atoms with Crippen LogP contribution in [0.2, 0.25) is 0 Å². The quantitative estimate of drug-likeness (QED) is 0.535. The second-order valence-electron chi connectivity index (χ2n) is 4.76. The zero-order valence-electron chi connectivity index (χ0n) is 11.7. The Balaban J connectivity index is 1.95. The van der Waals surface area contributed by atoms with Crippen molar-refractivity contribution in [2.75, 3.05) is 0 Å². The molecule has 0 N–H and O–H groups in total. The maximum Gasteiger partial charge on any atom is 0.339 e. The lowest BCUT2D eigenvalue weighted by molar-refractivity contribution is 0.486. The lowest BCUT2D eigenvalue weighted by atomic mass is 10.1. The molecule has 3 aromatic carbocycles. The normalized spacial score (nSPS) is 12.9. The second-order valence-corrected chi connectivity index (χ2v) is 7.24. The fraction of sp³-hybridized carbons (Fsp3) is 0. The van der Waals surface area contributed by atoms with Crippen LogP contribution < -0.4 is 4.18 Å². The van der Waals surface area contributed by atoms with Gasteiger partial charge in [-0.25, -0.2) is 0 Å². The lowest BCUT2D eigenvalue weighted by Crippen LogP contribution is -2.09. The molecular formula is C16H11O5S2-. The van der Waals surface area contributed by atoms with Gasteiger partial charge >= 0.3 is 10.1 Å². The van der Waals surface area contributed by atoms with Crippen LogP contribution in [0.25, 0.3) is 10.8 Å². The summed E-state index contributed by atoms with van der Waals surface area (Å²) in [6.45, 7) is 0. The van der Waals surface area contributed by atoms with E-state index in [0.29, 0.717) is 10.8 Å². The molecule has 0 aliphatic heterocycles. The number of hydrogen-bond acceptors (Lipinski definition) is 5. The molecule has 7 heteroatoms. The van der Waals surface area contributed by atoms with Crippen molar-refractivity contribution >= 4 is 32.0 Å². The predicted molar refractivity (Wildman–Crippen MR) is 85.4 cm³/mol.